The van der Waals surface area contributed by atoms with Crippen molar-refractivity contribution in [2.75, 3.05) is 32.4 Å². The predicted molar refractivity (Wildman–Crippen MR) is 116 cm³/mol. The summed E-state index contributed by atoms with van der Waals surface area (Å²) in [4.78, 5) is 33.8. The van der Waals surface area contributed by atoms with Gasteiger partial charge in [0.15, 0.2) is 5.16 Å². The van der Waals surface area contributed by atoms with Crippen molar-refractivity contribution in [1.29, 1.82) is 0 Å². The highest BCUT2D eigenvalue weighted by atomic mass is 32.2. The van der Waals surface area contributed by atoms with Gasteiger partial charge in [0, 0.05) is 43.9 Å². The molecule has 8 nitrogen and oxygen atoms in total. The summed E-state index contributed by atoms with van der Waals surface area (Å²) in [5.41, 5.74) is 1.93. The molecular weight excluding hydrogens is 424 g/mol. The Morgan fingerprint density at radius 2 is 1.77 bits per heavy atom. The minimum Gasteiger partial charge on any atom is -0.340 e. The van der Waals surface area contributed by atoms with Gasteiger partial charge in [-0.3, -0.25) is 9.59 Å². The molecule has 1 aliphatic heterocycles. The quantitative estimate of drug-likeness (QED) is 0.529. The molecule has 0 spiro atoms. The van der Waals surface area contributed by atoms with Crippen molar-refractivity contribution >= 4 is 27.7 Å². The number of nitrogens with zero attached hydrogens (tertiary/aromatic N) is 3. The number of benzene rings is 1. The minimum atomic E-state index is -3.56. The molecule has 1 N–H and O–H groups in total. The summed E-state index contributed by atoms with van der Waals surface area (Å²) < 4.78 is 27.0. The van der Waals surface area contributed by atoms with Crippen LogP contribution in [0.5, 0.6) is 0 Å². The fourth-order valence-corrected chi connectivity index (χ4v) is 5.25. The Labute approximate surface area is 180 Å². The molecule has 2 aromatic rings. The molecule has 3 rings (SSSR count). The van der Waals surface area contributed by atoms with Crippen LogP contribution in [0.1, 0.15) is 23.2 Å². The third-order valence-corrected chi connectivity index (χ3v) is 7.73. The van der Waals surface area contributed by atoms with E-state index in [2.05, 4.69) is 9.97 Å². The van der Waals surface area contributed by atoms with Crippen LogP contribution in [0.4, 0.5) is 0 Å². The number of thioether (sulfide) groups is 1. The Balaban J connectivity index is 1.58. The number of nitrogens with one attached hydrogen (secondary N) is 1. The lowest BCUT2D eigenvalue weighted by atomic mass is 10.1. The van der Waals surface area contributed by atoms with Gasteiger partial charge >= 0.3 is 0 Å². The summed E-state index contributed by atoms with van der Waals surface area (Å²) in [5.74, 6) is -0.0878. The van der Waals surface area contributed by atoms with Crippen LogP contribution in [0.3, 0.4) is 0 Å². The number of carbonyl (C=O) groups excluding carboxylic acids is 1. The van der Waals surface area contributed by atoms with Crippen molar-refractivity contribution in [3.05, 3.63) is 51.4 Å². The van der Waals surface area contributed by atoms with Crippen LogP contribution >= 0.6 is 11.8 Å². The maximum absolute atomic E-state index is 12.8. The zero-order valence-corrected chi connectivity index (χ0v) is 19.0. The molecule has 10 heteroatoms. The van der Waals surface area contributed by atoms with Gasteiger partial charge in [0.05, 0.1) is 4.90 Å². The first-order chi connectivity index (χ1) is 14.2. The van der Waals surface area contributed by atoms with E-state index in [-0.39, 0.29) is 35.9 Å². The molecule has 0 bridgehead atoms. The second-order valence-corrected chi connectivity index (χ2v) is 9.97. The Morgan fingerprint density at radius 1 is 1.13 bits per heavy atom. The van der Waals surface area contributed by atoms with Crippen LogP contribution in [0.15, 0.2) is 39.1 Å². The number of carbonyl (C=O) groups is 1. The zero-order chi connectivity index (χ0) is 21.9. The lowest BCUT2D eigenvalue weighted by Gasteiger charge is -2.34. The summed E-state index contributed by atoms with van der Waals surface area (Å²) in [6.45, 7) is 4.86. The Kier molecular flexibility index (Phi) is 6.99. The number of aryl methyl sites for hydroxylation is 2. The largest absolute Gasteiger partial charge is 0.340 e. The van der Waals surface area contributed by atoms with Gasteiger partial charge < -0.3 is 9.88 Å². The number of piperazine rings is 1. The van der Waals surface area contributed by atoms with E-state index in [4.69, 9.17) is 0 Å². The molecule has 0 atom stereocenters. The van der Waals surface area contributed by atoms with Crippen molar-refractivity contribution in [2.24, 2.45) is 0 Å². The van der Waals surface area contributed by atoms with Gasteiger partial charge in [0.25, 0.3) is 5.56 Å². The first-order valence-electron chi connectivity index (χ1n) is 9.70. The molecule has 2 heterocycles. The standard InChI is InChI=1S/C20H26N4O4S2/c1-14-4-6-16(7-5-14)30(27,28)24-12-10-23(11-13-24)18(25)9-8-17-15(2)21-20(29-3)22-19(17)26/h4-7H,8-13H2,1-3H3,(H,21,22,26). The van der Waals surface area contributed by atoms with Gasteiger partial charge in [-0.2, -0.15) is 4.31 Å². The monoisotopic (exact) mass is 450 g/mol. The van der Waals surface area contributed by atoms with Gasteiger partial charge in [-0.15, -0.1) is 0 Å². The fraction of sp³-hybridized carbons (Fsp3) is 0.450. The number of hydrogen-bond acceptors (Lipinski definition) is 6. The third kappa shape index (κ3) is 4.93. The van der Waals surface area contributed by atoms with Crippen molar-refractivity contribution in [3.63, 3.8) is 0 Å². The van der Waals surface area contributed by atoms with E-state index in [1.165, 1.54) is 16.1 Å². The number of rotatable bonds is 6. The van der Waals surface area contributed by atoms with E-state index in [1.807, 2.05) is 13.2 Å². The first kappa shape index (κ1) is 22.5. The fourth-order valence-electron chi connectivity index (χ4n) is 3.40. The molecule has 1 aromatic carbocycles. The molecule has 1 aromatic heterocycles. The van der Waals surface area contributed by atoms with Crippen LogP contribution in [0, 0.1) is 13.8 Å². The molecule has 0 aliphatic carbocycles. The second kappa shape index (κ2) is 9.32. The highest BCUT2D eigenvalue weighted by Crippen LogP contribution is 2.19. The Morgan fingerprint density at radius 3 is 2.33 bits per heavy atom. The lowest BCUT2D eigenvalue weighted by Crippen LogP contribution is -2.50. The molecule has 30 heavy (non-hydrogen) atoms. The number of H-pyrrole nitrogens is 1. The molecule has 0 unspecified atom stereocenters. The summed E-state index contributed by atoms with van der Waals surface area (Å²) >= 11 is 1.36. The van der Waals surface area contributed by atoms with Gasteiger partial charge in [-0.1, -0.05) is 29.5 Å². The maximum Gasteiger partial charge on any atom is 0.254 e. The number of sulfonamides is 1. The van der Waals surface area contributed by atoms with Crippen LogP contribution < -0.4 is 5.56 Å². The highest BCUT2D eigenvalue weighted by molar-refractivity contribution is 7.98. The molecule has 0 saturated carbocycles. The van der Waals surface area contributed by atoms with Gasteiger partial charge in [0.2, 0.25) is 15.9 Å². The van der Waals surface area contributed by atoms with E-state index in [0.717, 1.165) is 5.56 Å². The zero-order valence-electron chi connectivity index (χ0n) is 17.3. The smallest absolute Gasteiger partial charge is 0.254 e. The molecule has 162 valence electrons. The molecule has 1 aliphatic rings. The van der Waals surface area contributed by atoms with Crippen molar-refractivity contribution in [2.45, 2.75) is 36.7 Å². The van der Waals surface area contributed by atoms with Crippen molar-refractivity contribution in [3.8, 4) is 0 Å². The molecular formula is C20H26N4O4S2. The van der Waals surface area contributed by atoms with Gasteiger partial charge in [-0.05, 0) is 38.7 Å². The normalized spacial score (nSPS) is 15.4. The first-order valence-corrected chi connectivity index (χ1v) is 12.4. The lowest BCUT2D eigenvalue weighted by molar-refractivity contribution is -0.132. The summed E-state index contributed by atoms with van der Waals surface area (Å²) in [5, 5.41) is 0.554. The summed E-state index contributed by atoms with van der Waals surface area (Å²) in [6, 6.07) is 6.77. The van der Waals surface area contributed by atoms with Crippen LogP contribution in [0.2, 0.25) is 0 Å². The summed E-state index contributed by atoms with van der Waals surface area (Å²) in [7, 11) is -3.56. The average Bonchev–Trinajstić information content (AvgIpc) is 2.73. The van der Waals surface area contributed by atoms with E-state index in [0.29, 0.717) is 35.9 Å². The average molecular weight is 451 g/mol. The molecule has 1 amide bonds. The number of aromatic amines is 1. The number of hydrogen-bond donors (Lipinski definition) is 1. The maximum atomic E-state index is 12.8. The third-order valence-electron chi connectivity index (χ3n) is 5.23. The van der Waals surface area contributed by atoms with Gasteiger partial charge in [-0.25, -0.2) is 13.4 Å². The topological polar surface area (TPSA) is 103 Å². The van der Waals surface area contributed by atoms with E-state index in [9.17, 15) is 18.0 Å². The van der Waals surface area contributed by atoms with E-state index in [1.54, 1.807) is 36.1 Å². The van der Waals surface area contributed by atoms with Crippen LogP contribution in [-0.4, -0.2) is 65.9 Å². The van der Waals surface area contributed by atoms with Crippen molar-refractivity contribution in [1.82, 2.24) is 19.2 Å². The molecule has 1 saturated heterocycles. The highest BCUT2D eigenvalue weighted by Gasteiger charge is 2.30. The summed E-state index contributed by atoms with van der Waals surface area (Å²) in [6.07, 6.45) is 2.33. The Hall–Kier alpha value is -2.17. The van der Waals surface area contributed by atoms with Gasteiger partial charge in [0.1, 0.15) is 0 Å². The molecule has 1 fully saturated rings. The van der Waals surface area contributed by atoms with Crippen molar-refractivity contribution < 1.29 is 13.2 Å². The second-order valence-electron chi connectivity index (χ2n) is 7.24. The minimum absolute atomic E-state index is 0.0878. The SMILES string of the molecule is CSc1nc(C)c(CCC(=O)N2CCN(S(=O)(=O)c3ccc(C)cc3)CC2)c(=O)[nH]1. The number of aromatic nitrogens is 2. The van der Waals surface area contributed by atoms with E-state index < -0.39 is 10.0 Å². The van der Waals surface area contributed by atoms with Crippen LogP contribution in [0.25, 0.3) is 0 Å². The Bertz CT molecular complexity index is 1070. The van der Waals surface area contributed by atoms with Crippen LogP contribution in [-0.2, 0) is 21.2 Å². The molecule has 0 radical (unpaired) electrons. The number of amides is 1. The predicted octanol–water partition coefficient (Wildman–Crippen LogP) is 1.57. The van der Waals surface area contributed by atoms with E-state index >= 15 is 0 Å².